The van der Waals surface area contributed by atoms with Crippen molar-refractivity contribution in [2.75, 3.05) is 11.9 Å². The normalized spacial score (nSPS) is 24.1. The highest BCUT2D eigenvalue weighted by Gasteiger charge is 2.31. The molecule has 1 aromatic rings. The van der Waals surface area contributed by atoms with Crippen LogP contribution in [0, 0.1) is 0 Å². The predicted octanol–water partition coefficient (Wildman–Crippen LogP) is 2.91. The first-order chi connectivity index (χ1) is 9.52. The van der Waals surface area contributed by atoms with E-state index in [1.54, 1.807) is 0 Å². The molecule has 0 aromatic heterocycles. The van der Waals surface area contributed by atoms with Crippen LogP contribution in [0.15, 0.2) is 18.2 Å². The minimum absolute atomic E-state index is 0.0299. The van der Waals surface area contributed by atoms with Crippen molar-refractivity contribution in [1.82, 2.24) is 0 Å². The third-order valence-electron chi connectivity index (χ3n) is 3.97. The van der Waals surface area contributed by atoms with Crippen molar-refractivity contribution >= 4 is 11.6 Å². The fourth-order valence-electron chi connectivity index (χ4n) is 2.82. The third kappa shape index (κ3) is 2.96. The van der Waals surface area contributed by atoms with Gasteiger partial charge in [-0.3, -0.25) is 4.79 Å². The number of benzene rings is 1. The van der Waals surface area contributed by atoms with Gasteiger partial charge in [0.1, 0.15) is 12.4 Å². The number of fused-ring (bicyclic) bond motifs is 1. The largest absolute Gasteiger partial charge is 0.491 e. The number of carbonyl (C=O) groups excluding carboxylic acids is 1. The summed E-state index contributed by atoms with van der Waals surface area (Å²) in [6.45, 7) is 4.79. The number of hydrogen-bond acceptors (Lipinski definition) is 3. The molecule has 2 aliphatic rings. The summed E-state index contributed by atoms with van der Waals surface area (Å²) in [7, 11) is 0. The predicted molar refractivity (Wildman–Crippen MR) is 77.1 cm³/mol. The molecule has 1 fully saturated rings. The van der Waals surface area contributed by atoms with Crippen molar-refractivity contribution in [1.29, 1.82) is 0 Å². The van der Waals surface area contributed by atoms with Crippen LogP contribution < -0.4 is 10.1 Å². The molecule has 0 radical (unpaired) electrons. The molecule has 4 heteroatoms. The second-order valence-electron chi connectivity index (χ2n) is 6.22. The third-order valence-corrected chi connectivity index (χ3v) is 3.97. The lowest BCUT2D eigenvalue weighted by atomic mass is 10.0. The molecule has 3 rings (SSSR count). The molecule has 1 saturated heterocycles. The molecule has 20 heavy (non-hydrogen) atoms. The van der Waals surface area contributed by atoms with Gasteiger partial charge in [0.25, 0.3) is 0 Å². The van der Waals surface area contributed by atoms with Gasteiger partial charge in [-0.2, -0.15) is 0 Å². The average molecular weight is 275 g/mol. The molecule has 0 spiro atoms. The van der Waals surface area contributed by atoms with Crippen LogP contribution in [0.4, 0.5) is 5.69 Å². The van der Waals surface area contributed by atoms with Crippen LogP contribution in [-0.4, -0.2) is 24.2 Å². The van der Waals surface area contributed by atoms with Gasteiger partial charge in [-0.15, -0.1) is 0 Å². The Balaban J connectivity index is 1.61. The zero-order chi connectivity index (χ0) is 14.2. The monoisotopic (exact) mass is 275 g/mol. The molecular formula is C16H21NO3. The van der Waals surface area contributed by atoms with Gasteiger partial charge in [-0.05, 0) is 44.7 Å². The Morgan fingerprint density at radius 3 is 3.00 bits per heavy atom. The summed E-state index contributed by atoms with van der Waals surface area (Å²) in [5.41, 5.74) is 2.03. The van der Waals surface area contributed by atoms with Crippen molar-refractivity contribution in [2.24, 2.45) is 0 Å². The van der Waals surface area contributed by atoms with Crippen LogP contribution in [0.25, 0.3) is 0 Å². The van der Waals surface area contributed by atoms with Gasteiger partial charge in [-0.25, -0.2) is 0 Å². The van der Waals surface area contributed by atoms with E-state index >= 15 is 0 Å². The minimum Gasteiger partial charge on any atom is -0.491 e. The highest BCUT2D eigenvalue weighted by atomic mass is 16.6. The highest BCUT2D eigenvalue weighted by Crippen LogP contribution is 2.31. The number of nitrogens with one attached hydrogen (secondary N) is 1. The molecule has 2 heterocycles. The van der Waals surface area contributed by atoms with E-state index in [2.05, 4.69) is 19.2 Å². The molecule has 1 atom stereocenters. The summed E-state index contributed by atoms with van der Waals surface area (Å²) in [6, 6.07) is 5.91. The Labute approximate surface area is 119 Å². The summed E-state index contributed by atoms with van der Waals surface area (Å²) in [4.78, 5) is 11.4. The van der Waals surface area contributed by atoms with Crippen molar-refractivity contribution in [3.05, 3.63) is 23.8 Å². The van der Waals surface area contributed by atoms with E-state index in [4.69, 9.17) is 9.47 Å². The molecule has 0 saturated carbocycles. The second kappa shape index (κ2) is 5.09. The molecular weight excluding hydrogens is 254 g/mol. The van der Waals surface area contributed by atoms with Gasteiger partial charge < -0.3 is 14.8 Å². The zero-order valence-corrected chi connectivity index (χ0v) is 12.1. The smallest absolute Gasteiger partial charge is 0.224 e. The SMILES string of the molecule is CC1(C)CCC(COc2ccc3c(c2)NC(=O)CC3)O1. The van der Waals surface area contributed by atoms with E-state index in [-0.39, 0.29) is 17.6 Å². The molecule has 1 amide bonds. The van der Waals surface area contributed by atoms with Gasteiger partial charge in [0.15, 0.2) is 0 Å². The quantitative estimate of drug-likeness (QED) is 0.922. The molecule has 0 aliphatic carbocycles. The van der Waals surface area contributed by atoms with Gasteiger partial charge in [-0.1, -0.05) is 6.07 Å². The van der Waals surface area contributed by atoms with E-state index in [0.717, 1.165) is 30.7 Å². The molecule has 1 unspecified atom stereocenters. The Morgan fingerprint density at radius 2 is 2.25 bits per heavy atom. The van der Waals surface area contributed by atoms with Crippen LogP contribution in [0.3, 0.4) is 0 Å². The van der Waals surface area contributed by atoms with Crippen LogP contribution in [-0.2, 0) is 16.0 Å². The lowest BCUT2D eigenvalue weighted by Gasteiger charge is -2.20. The van der Waals surface area contributed by atoms with E-state index in [0.29, 0.717) is 13.0 Å². The summed E-state index contributed by atoms with van der Waals surface area (Å²) in [5.74, 6) is 0.870. The molecule has 1 N–H and O–H groups in total. The minimum atomic E-state index is -0.0299. The van der Waals surface area contributed by atoms with E-state index in [1.165, 1.54) is 5.56 Å². The van der Waals surface area contributed by atoms with Gasteiger partial charge in [0, 0.05) is 18.2 Å². The number of rotatable bonds is 3. The average Bonchev–Trinajstić information content (AvgIpc) is 2.75. The second-order valence-corrected chi connectivity index (χ2v) is 6.22. The first kappa shape index (κ1) is 13.4. The van der Waals surface area contributed by atoms with E-state index in [9.17, 15) is 4.79 Å². The molecule has 1 aromatic carbocycles. The van der Waals surface area contributed by atoms with Crippen molar-refractivity contribution in [3.63, 3.8) is 0 Å². The van der Waals surface area contributed by atoms with Gasteiger partial charge >= 0.3 is 0 Å². The molecule has 0 bridgehead atoms. The summed E-state index contributed by atoms with van der Waals surface area (Å²) >= 11 is 0. The maximum atomic E-state index is 11.4. The van der Waals surface area contributed by atoms with E-state index < -0.39 is 0 Å². The van der Waals surface area contributed by atoms with Crippen LogP contribution in [0.2, 0.25) is 0 Å². The van der Waals surface area contributed by atoms with Crippen molar-refractivity contribution in [2.45, 2.75) is 51.2 Å². The number of carbonyl (C=O) groups is 1. The fourth-order valence-corrected chi connectivity index (χ4v) is 2.82. The van der Waals surface area contributed by atoms with Crippen molar-refractivity contribution in [3.8, 4) is 5.75 Å². The van der Waals surface area contributed by atoms with Gasteiger partial charge in [0.2, 0.25) is 5.91 Å². The Kier molecular flexibility index (Phi) is 3.42. The Bertz CT molecular complexity index is 524. The molecule has 108 valence electrons. The molecule has 4 nitrogen and oxygen atoms in total. The summed E-state index contributed by atoms with van der Waals surface area (Å²) in [6.07, 6.45) is 3.64. The number of anilines is 1. The zero-order valence-electron chi connectivity index (χ0n) is 12.1. The van der Waals surface area contributed by atoms with Crippen LogP contribution in [0.5, 0.6) is 5.75 Å². The number of amides is 1. The standard InChI is InChI=1S/C16H21NO3/c1-16(2)8-7-13(20-16)10-19-12-5-3-11-4-6-15(18)17-14(11)9-12/h3,5,9,13H,4,6-8,10H2,1-2H3,(H,17,18). The number of hydrogen-bond donors (Lipinski definition) is 1. The lowest BCUT2D eigenvalue weighted by molar-refractivity contribution is -0.116. The first-order valence-electron chi connectivity index (χ1n) is 7.25. The number of aryl methyl sites for hydroxylation is 1. The topological polar surface area (TPSA) is 47.6 Å². The van der Waals surface area contributed by atoms with Crippen molar-refractivity contribution < 1.29 is 14.3 Å². The van der Waals surface area contributed by atoms with E-state index in [1.807, 2.05) is 18.2 Å². The van der Waals surface area contributed by atoms with Crippen LogP contribution in [0.1, 0.15) is 38.7 Å². The molecule has 2 aliphatic heterocycles. The highest BCUT2D eigenvalue weighted by molar-refractivity contribution is 5.94. The first-order valence-corrected chi connectivity index (χ1v) is 7.25. The number of ether oxygens (including phenoxy) is 2. The summed E-state index contributed by atoms with van der Waals surface area (Å²) in [5, 5.41) is 2.89. The lowest BCUT2D eigenvalue weighted by Crippen LogP contribution is -2.24. The Morgan fingerprint density at radius 1 is 1.40 bits per heavy atom. The maximum Gasteiger partial charge on any atom is 0.224 e. The van der Waals surface area contributed by atoms with Crippen LogP contribution >= 0.6 is 0 Å². The Hall–Kier alpha value is -1.55. The maximum absolute atomic E-state index is 11.4. The fraction of sp³-hybridized carbons (Fsp3) is 0.562. The van der Waals surface area contributed by atoms with Gasteiger partial charge in [0.05, 0.1) is 11.7 Å². The summed E-state index contributed by atoms with van der Waals surface area (Å²) < 4.78 is 11.7.